The summed E-state index contributed by atoms with van der Waals surface area (Å²) < 4.78 is 16.0. The molecule has 7 heteroatoms. The van der Waals surface area contributed by atoms with E-state index in [1.165, 1.54) is 6.21 Å². The number of nitrogens with zero attached hydrogens (tertiary/aromatic N) is 1. The van der Waals surface area contributed by atoms with Gasteiger partial charge >= 0.3 is 0 Å². The highest BCUT2D eigenvalue weighted by Gasteiger charge is 2.15. The summed E-state index contributed by atoms with van der Waals surface area (Å²) in [7, 11) is 0. The number of aryl methyl sites for hydroxylation is 2. The van der Waals surface area contributed by atoms with Crippen LogP contribution in [0.1, 0.15) is 16.7 Å². The minimum Gasteiger partial charge on any atom is -0.483 e. The van der Waals surface area contributed by atoms with E-state index in [1.54, 1.807) is 12.1 Å². The molecule has 2 aromatic carbocycles. The Kier molecular flexibility index (Phi) is 5.09. The lowest BCUT2D eigenvalue weighted by Gasteiger charge is -2.08. The summed E-state index contributed by atoms with van der Waals surface area (Å²) in [6.45, 7) is 3.97. The van der Waals surface area contributed by atoms with Gasteiger partial charge < -0.3 is 14.2 Å². The smallest absolute Gasteiger partial charge is 0.277 e. The van der Waals surface area contributed by atoms with Crippen LogP contribution in [0.2, 0.25) is 5.02 Å². The SMILES string of the molecule is Cc1ccc(OCC(=O)N/N=C\c2cc3c(cc2Cl)OCO3)c(C)c1. The monoisotopic (exact) mass is 360 g/mol. The summed E-state index contributed by atoms with van der Waals surface area (Å²) in [5, 5.41) is 4.34. The van der Waals surface area contributed by atoms with Crippen molar-refractivity contribution in [3.63, 3.8) is 0 Å². The fourth-order valence-electron chi connectivity index (χ4n) is 2.34. The van der Waals surface area contributed by atoms with Crippen molar-refractivity contribution >= 4 is 23.7 Å². The fourth-order valence-corrected chi connectivity index (χ4v) is 2.54. The quantitative estimate of drug-likeness (QED) is 0.656. The van der Waals surface area contributed by atoms with Gasteiger partial charge in [-0.3, -0.25) is 4.79 Å². The Hall–Kier alpha value is -2.73. The molecule has 1 aliphatic rings. The molecule has 0 atom stereocenters. The highest BCUT2D eigenvalue weighted by Crippen LogP contribution is 2.36. The third kappa shape index (κ3) is 4.22. The van der Waals surface area contributed by atoms with Crippen molar-refractivity contribution in [2.24, 2.45) is 5.10 Å². The molecule has 1 heterocycles. The van der Waals surface area contributed by atoms with Crippen LogP contribution in [0.5, 0.6) is 17.2 Å². The fraction of sp³-hybridized carbons (Fsp3) is 0.222. The molecule has 6 nitrogen and oxygen atoms in total. The second-order valence-corrected chi connectivity index (χ2v) is 5.98. The Morgan fingerprint density at radius 1 is 1.28 bits per heavy atom. The first-order valence-corrected chi connectivity index (χ1v) is 8.02. The lowest BCUT2D eigenvalue weighted by molar-refractivity contribution is -0.123. The van der Waals surface area contributed by atoms with Gasteiger partial charge in [-0.2, -0.15) is 5.10 Å². The lowest BCUT2D eigenvalue weighted by atomic mass is 10.1. The standard InChI is InChI=1S/C18H17ClN2O4/c1-11-3-4-15(12(2)5-11)23-9-18(22)21-20-8-13-6-16-17(7-14(13)19)25-10-24-16/h3-8H,9-10H2,1-2H3,(H,21,22)/b20-8-. The van der Waals surface area contributed by atoms with Crippen LogP contribution in [0.4, 0.5) is 0 Å². The van der Waals surface area contributed by atoms with Crippen LogP contribution in [-0.2, 0) is 4.79 Å². The number of ether oxygens (including phenoxy) is 3. The first-order chi connectivity index (χ1) is 12.0. The third-order valence-electron chi connectivity index (χ3n) is 3.57. The molecule has 0 fully saturated rings. The van der Waals surface area contributed by atoms with Gasteiger partial charge in [-0.05, 0) is 31.5 Å². The Labute approximate surface area is 150 Å². The third-order valence-corrected chi connectivity index (χ3v) is 3.90. The van der Waals surface area contributed by atoms with Crippen molar-refractivity contribution < 1.29 is 19.0 Å². The van der Waals surface area contributed by atoms with Gasteiger partial charge in [0, 0.05) is 11.6 Å². The first kappa shape index (κ1) is 17.1. The van der Waals surface area contributed by atoms with Crippen LogP contribution in [0.25, 0.3) is 0 Å². The highest BCUT2D eigenvalue weighted by atomic mass is 35.5. The maximum absolute atomic E-state index is 11.8. The minimum absolute atomic E-state index is 0.129. The molecule has 0 aliphatic carbocycles. The number of fused-ring (bicyclic) bond motifs is 1. The van der Waals surface area contributed by atoms with Crippen molar-refractivity contribution in [3.8, 4) is 17.2 Å². The van der Waals surface area contributed by atoms with Crippen molar-refractivity contribution in [1.29, 1.82) is 0 Å². The number of carbonyl (C=O) groups is 1. The zero-order chi connectivity index (χ0) is 17.8. The predicted octanol–water partition coefficient (Wildman–Crippen LogP) is 3.21. The number of hydrazone groups is 1. The molecule has 130 valence electrons. The van der Waals surface area contributed by atoms with Gasteiger partial charge in [-0.1, -0.05) is 29.3 Å². The molecule has 0 aromatic heterocycles. The molecule has 0 radical (unpaired) electrons. The van der Waals surface area contributed by atoms with Crippen molar-refractivity contribution in [2.75, 3.05) is 13.4 Å². The number of halogens is 1. The van der Waals surface area contributed by atoms with Gasteiger partial charge in [0.2, 0.25) is 6.79 Å². The second kappa shape index (κ2) is 7.44. The summed E-state index contributed by atoms with van der Waals surface area (Å²) in [6.07, 6.45) is 1.44. The summed E-state index contributed by atoms with van der Waals surface area (Å²) in [6, 6.07) is 9.11. The van der Waals surface area contributed by atoms with Gasteiger partial charge in [0.25, 0.3) is 5.91 Å². The van der Waals surface area contributed by atoms with E-state index in [9.17, 15) is 4.79 Å². The Bertz CT molecular complexity index is 836. The van der Waals surface area contributed by atoms with Crippen molar-refractivity contribution in [3.05, 3.63) is 52.0 Å². The lowest BCUT2D eigenvalue weighted by Crippen LogP contribution is -2.24. The zero-order valence-corrected chi connectivity index (χ0v) is 14.6. The van der Waals surface area contributed by atoms with E-state index in [4.69, 9.17) is 25.8 Å². The average Bonchev–Trinajstić information content (AvgIpc) is 3.01. The molecule has 0 bridgehead atoms. The van der Waals surface area contributed by atoms with Crippen molar-refractivity contribution in [2.45, 2.75) is 13.8 Å². The van der Waals surface area contributed by atoms with Crippen LogP contribution >= 0.6 is 11.6 Å². The van der Waals surface area contributed by atoms with E-state index < -0.39 is 0 Å². The summed E-state index contributed by atoms with van der Waals surface area (Å²) in [5.74, 6) is 1.49. The molecule has 0 saturated heterocycles. The van der Waals surface area contributed by atoms with E-state index >= 15 is 0 Å². The number of benzene rings is 2. The highest BCUT2D eigenvalue weighted by molar-refractivity contribution is 6.33. The van der Waals surface area contributed by atoms with Crippen LogP contribution in [0.15, 0.2) is 35.4 Å². The molecule has 1 aliphatic heterocycles. The van der Waals surface area contributed by atoms with Gasteiger partial charge in [-0.15, -0.1) is 0 Å². The molecular weight excluding hydrogens is 344 g/mol. The average molecular weight is 361 g/mol. The molecule has 1 N–H and O–H groups in total. The summed E-state index contributed by atoms with van der Waals surface area (Å²) >= 11 is 6.13. The van der Waals surface area contributed by atoms with E-state index in [2.05, 4.69) is 10.5 Å². The number of carbonyl (C=O) groups excluding carboxylic acids is 1. The topological polar surface area (TPSA) is 69.2 Å². The van der Waals surface area contributed by atoms with Gasteiger partial charge in [0.05, 0.1) is 11.2 Å². The molecule has 3 rings (SSSR count). The van der Waals surface area contributed by atoms with Gasteiger partial charge in [-0.25, -0.2) is 5.43 Å². The normalized spacial score (nSPS) is 12.4. The molecule has 1 amide bonds. The molecule has 0 saturated carbocycles. The Morgan fingerprint density at radius 2 is 2.04 bits per heavy atom. The van der Waals surface area contributed by atoms with Gasteiger partial charge in [0.1, 0.15) is 5.75 Å². The van der Waals surface area contributed by atoms with Crippen LogP contribution < -0.4 is 19.6 Å². The number of hydrogen-bond donors (Lipinski definition) is 1. The van der Waals surface area contributed by atoms with Crippen molar-refractivity contribution in [1.82, 2.24) is 5.43 Å². The first-order valence-electron chi connectivity index (χ1n) is 7.64. The molecule has 0 unspecified atom stereocenters. The molecular formula is C18H17ClN2O4. The van der Waals surface area contributed by atoms with E-state index in [0.717, 1.165) is 11.1 Å². The molecule has 25 heavy (non-hydrogen) atoms. The maximum Gasteiger partial charge on any atom is 0.277 e. The largest absolute Gasteiger partial charge is 0.483 e. The predicted molar refractivity (Wildman–Crippen MR) is 94.7 cm³/mol. The summed E-state index contributed by atoms with van der Waals surface area (Å²) in [4.78, 5) is 11.8. The Morgan fingerprint density at radius 3 is 2.80 bits per heavy atom. The second-order valence-electron chi connectivity index (χ2n) is 5.58. The van der Waals surface area contributed by atoms with E-state index in [0.29, 0.717) is 27.8 Å². The minimum atomic E-state index is -0.368. The number of rotatable bonds is 5. The van der Waals surface area contributed by atoms with Gasteiger partial charge in [0.15, 0.2) is 18.1 Å². The molecule has 0 spiro atoms. The number of amides is 1. The zero-order valence-electron chi connectivity index (χ0n) is 13.8. The Balaban J connectivity index is 1.54. The van der Waals surface area contributed by atoms with E-state index in [-0.39, 0.29) is 19.3 Å². The van der Waals surface area contributed by atoms with Crippen LogP contribution in [0, 0.1) is 13.8 Å². The number of hydrogen-bond acceptors (Lipinski definition) is 5. The summed E-state index contributed by atoms with van der Waals surface area (Å²) in [5.41, 5.74) is 5.13. The van der Waals surface area contributed by atoms with Crippen LogP contribution in [-0.4, -0.2) is 25.5 Å². The molecule has 2 aromatic rings. The number of nitrogens with one attached hydrogen (secondary N) is 1. The maximum atomic E-state index is 11.8. The van der Waals surface area contributed by atoms with Crippen LogP contribution in [0.3, 0.4) is 0 Å². The van der Waals surface area contributed by atoms with E-state index in [1.807, 2.05) is 32.0 Å².